The summed E-state index contributed by atoms with van der Waals surface area (Å²) in [4.78, 5) is 19.0. The number of nitrogens with zero attached hydrogens (tertiary/aromatic N) is 4. The Hall–Kier alpha value is -3.89. The summed E-state index contributed by atoms with van der Waals surface area (Å²) in [5.74, 6) is -6.48. The van der Waals surface area contributed by atoms with Crippen LogP contribution in [0.5, 0.6) is 0 Å². The molecule has 16 heteroatoms. The van der Waals surface area contributed by atoms with E-state index in [1.54, 1.807) is 0 Å². The first-order chi connectivity index (χ1) is 19.6. The van der Waals surface area contributed by atoms with Gasteiger partial charge in [-0.2, -0.15) is 5.10 Å². The number of carbonyl (C=O) groups is 1. The lowest BCUT2D eigenvalue weighted by Gasteiger charge is -2.16. The maximum atomic E-state index is 16.1. The molecule has 4 rings (SSSR count). The third-order valence-corrected chi connectivity index (χ3v) is 9.43. The Morgan fingerprint density at radius 2 is 1.79 bits per heavy atom. The van der Waals surface area contributed by atoms with Gasteiger partial charge in [-0.1, -0.05) is 25.7 Å². The van der Waals surface area contributed by atoms with Crippen LogP contribution in [0.3, 0.4) is 0 Å². The molecular weight excluding hydrogens is 596 g/mol. The average Bonchev–Trinajstić information content (AvgIpc) is 3.29. The Balaban J connectivity index is 1.81. The van der Waals surface area contributed by atoms with Crippen LogP contribution in [0.2, 0.25) is 25.7 Å². The second kappa shape index (κ2) is 11.8. The minimum absolute atomic E-state index is 0.0641. The number of aryl methyl sites for hydroxylation is 1. The van der Waals surface area contributed by atoms with Crippen molar-refractivity contribution in [3.63, 3.8) is 0 Å². The van der Waals surface area contributed by atoms with E-state index < -0.39 is 69.1 Å². The number of rotatable bonds is 10. The fourth-order valence-corrected chi connectivity index (χ4v) is 6.03. The van der Waals surface area contributed by atoms with Crippen LogP contribution >= 0.6 is 0 Å². The third kappa shape index (κ3) is 6.29. The maximum Gasteiger partial charge on any atom is 0.272 e. The quantitative estimate of drug-likeness (QED) is 0.147. The number of halogens is 4. The van der Waals surface area contributed by atoms with Crippen molar-refractivity contribution in [2.75, 3.05) is 18.4 Å². The second-order valence-electron chi connectivity index (χ2n) is 10.6. The lowest BCUT2D eigenvalue weighted by molar-refractivity contribution is 0.0802. The van der Waals surface area contributed by atoms with Gasteiger partial charge in [0.05, 0.1) is 23.7 Å². The summed E-state index contributed by atoms with van der Waals surface area (Å²) in [5, 5.41) is 6.65. The van der Waals surface area contributed by atoms with E-state index in [2.05, 4.69) is 40.0 Å². The van der Waals surface area contributed by atoms with Crippen molar-refractivity contribution in [3.8, 4) is 11.1 Å². The highest BCUT2D eigenvalue weighted by Gasteiger charge is 2.28. The summed E-state index contributed by atoms with van der Waals surface area (Å²) < 4.78 is 94.8. The number of sulfonamides is 1. The second-order valence-corrected chi connectivity index (χ2v) is 17.9. The fourth-order valence-electron chi connectivity index (χ4n) is 4.06. The summed E-state index contributed by atoms with van der Waals surface area (Å²) in [6, 6.07) is 3.80. The van der Waals surface area contributed by atoms with Gasteiger partial charge in [0.1, 0.15) is 23.0 Å². The highest BCUT2D eigenvalue weighted by molar-refractivity contribution is 7.92. The minimum atomic E-state index is -4.63. The zero-order chi connectivity index (χ0) is 31.0. The largest absolute Gasteiger partial charge is 0.360 e. The molecule has 0 aliphatic heterocycles. The molecule has 1 aromatic carbocycles. The minimum Gasteiger partial charge on any atom is -0.360 e. The molecule has 1 amide bonds. The highest BCUT2D eigenvalue weighted by atomic mass is 32.2. The van der Waals surface area contributed by atoms with E-state index in [9.17, 15) is 17.6 Å². The van der Waals surface area contributed by atoms with Crippen molar-refractivity contribution in [2.24, 2.45) is 0 Å². The van der Waals surface area contributed by atoms with Gasteiger partial charge >= 0.3 is 0 Å². The van der Waals surface area contributed by atoms with Gasteiger partial charge in [-0.3, -0.25) is 14.5 Å². The van der Waals surface area contributed by atoms with Crippen LogP contribution in [0, 0.1) is 30.2 Å². The number of amides is 1. The SMILES string of the molecule is CNC(=O)c1nn(COCC[Si](C)(C)C)c2c(F)c(-c3c(F)cnc(NS(=O)(=O)c4cc(F)cnc4C)c3F)ccc12. The van der Waals surface area contributed by atoms with Crippen LogP contribution in [0.1, 0.15) is 16.2 Å². The number of ether oxygens (including phenoxy) is 1. The number of hydrogen-bond acceptors (Lipinski definition) is 7. The Bertz CT molecular complexity index is 1790. The van der Waals surface area contributed by atoms with Crippen molar-refractivity contribution in [1.29, 1.82) is 0 Å². The van der Waals surface area contributed by atoms with Gasteiger partial charge in [0.2, 0.25) is 0 Å². The molecule has 0 fully saturated rings. The van der Waals surface area contributed by atoms with E-state index in [0.717, 1.165) is 23.0 Å². The number of fused-ring (bicyclic) bond motifs is 1. The Morgan fingerprint density at radius 1 is 1.07 bits per heavy atom. The Labute approximate surface area is 240 Å². The number of benzene rings is 1. The number of hydrogen-bond donors (Lipinski definition) is 2. The van der Waals surface area contributed by atoms with Crippen LogP contribution in [-0.2, 0) is 21.5 Å². The number of aromatic nitrogens is 4. The zero-order valence-corrected chi connectivity index (χ0v) is 25.2. The number of carbonyl (C=O) groups excluding carboxylic acids is 1. The van der Waals surface area contributed by atoms with Crippen LogP contribution in [-0.4, -0.2) is 55.8 Å². The predicted octanol–water partition coefficient (Wildman–Crippen LogP) is 4.83. The number of nitrogens with one attached hydrogen (secondary N) is 2. The number of pyridine rings is 2. The van der Waals surface area contributed by atoms with Crippen LogP contribution in [0.15, 0.2) is 35.5 Å². The lowest BCUT2D eigenvalue weighted by Crippen LogP contribution is -2.22. The van der Waals surface area contributed by atoms with Crippen molar-refractivity contribution in [3.05, 3.63) is 65.2 Å². The summed E-state index contributed by atoms with van der Waals surface area (Å²) in [5.41, 5.74) is -1.98. The standard InChI is InChI=1S/C26H28F4N6O4SSi/c1-14-19(10-15(27)11-32-14)41(38,39)35-25-22(30)20(18(28)12-33-25)16-6-7-17-23(26(37)31-2)34-36(24(17)21(16)29)13-40-8-9-42(3,4)5/h6-7,10-12H,8-9,13H2,1-5H3,(H,31,37)(H,33,35). The zero-order valence-electron chi connectivity index (χ0n) is 23.4. The lowest BCUT2D eigenvalue weighted by atomic mass is 10.0. The van der Waals surface area contributed by atoms with E-state index in [1.165, 1.54) is 20.0 Å². The molecular formula is C26H28F4N6O4SSi. The van der Waals surface area contributed by atoms with Gasteiger partial charge in [-0.15, -0.1) is 0 Å². The maximum absolute atomic E-state index is 16.1. The van der Waals surface area contributed by atoms with Crippen molar-refractivity contribution in [1.82, 2.24) is 25.1 Å². The molecule has 0 saturated carbocycles. The third-order valence-electron chi connectivity index (χ3n) is 6.27. The first-order valence-corrected chi connectivity index (χ1v) is 17.8. The van der Waals surface area contributed by atoms with Crippen LogP contribution < -0.4 is 10.0 Å². The molecule has 3 aromatic heterocycles. The fraction of sp³-hybridized carbons (Fsp3) is 0.308. The highest BCUT2D eigenvalue weighted by Crippen LogP contribution is 2.36. The molecule has 4 aromatic rings. The van der Waals surface area contributed by atoms with Crippen LogP contribution in [0.25, 0.3) is 22.0 Å². The van der Waals surface area contributed by atoms with Gasteiger partial charge < -0.3 is 10.1 Å². The van der Waals surface area contributed by atoms with E-state index in [0.29, 0.717) is 18.9 Å². The molecule has 42 heavy (non-hydrogen) atoms. The molecule has 0 bridgehead atoms. The molecule has 0 unspecified atom stereocenters. The molecule has 0 saturated heterocycles. The molecule has 2 N–H and O–H groups in total. The van der Waals surface area contributed by atoms with Crippen molar-refractivity contribution >= 4 is 40.7 Å². The van der Waals surface area contributed by atoms with E-state index in [4.69, 9.17) is 4.74 Å². The topological polar surface area (TPSA) is 128 Å². The molecule has 3 heterocycles. The van der Waals surface area contributed by atoms with Gasteiger partial charge in [0.25, 0.3) is 15.9 Å². The first kappa shape index (κ1) is 31.1. The Morgan fingerprint density at radius 3 is 2.45 bits per heavy atom. The molecule has 224 valence electrons. The summed E-state index contributed by atoms with van der Waals surface area (Å²) >= 11 is 0. The van der Waals surface area contributed by atoms with Gasteiger partial charge in [-0.25, -0.2) is 35.6 Å². The number of anilines is 1. The van der Waals surface area contributed by atoms with Gasteiger partial charge in [0.15, 0.2) is 29.0 Å². The van der Waals surface area contributed by atoms with Gasteiger partial charge in [0, 0.05) is 32.7 Å². The predicted molar refractivity (Wildman–Crippen MR) is 150 cm³/mol. The Kier molecular flexibility index (Phi) is 8.70. The molecule has 0 aliphatic rings. The molecule has 0 spiro atoms. The van der Waals surface area contributed by atoms with E-state index >= 15 is 13.2 Å². The van der Waals surface area contributed by atoms with Crippen LogP contribution in [0.4, 0.5) is 23.4 Å². The normalized spacial score (nSPS) is 12.1. The molecule has 0 aliphatic carbocycles. The molecule has 0 radical (unpaired) electrons. The first-order valence-electron chi connectivity index (χ1n) is 12.6. The average molecular weight is 625 g/mol. The summed E-state index contributed by atoms with van der Waals surface area (Å²) in [7, 11) is -4.71. The summed E-state index contributed by atoms with van der Waals surface area (Å²) in [6.07, 6.45) is 1.32. The van der Waals surface area contributed by atoms with Crippen molar-refractivity contribution in [2.45, 2.75) is 44.2 Å². The molecule has 10 nitrogen and oxygen atoms in total. The summed E-state index contributed by atoms with van der Waals surface area (Å²) in [6.45, 7) is 7.85. The molecule has 0 atom stereocenters. The monoisotopic (exact) mass is 624 g/mol. The smallest absolute Gasteiger partial charge is 0.272 e. The van der Waals surface area contributed by atoms with Gasteiger partial charge in [-0.05, 0) is 25.1 Å². The van der Waals surface area contributed by atoms with Crippen molar-refractivity contribution < 1.29 is 35.5 Å². The van der Waals surface area contributed by atoms with E-state index in [-0.39, 0.29) is 29.0 Å². The van der Waals surface area contributed by atoms with E-state index in [1.807, 2.05) is 4.72 Å².